The van der Waals surface area contributed by atoms with Crippen LogP contribution in [0.25, 0.3) is 0 Å². The highest BCUT2D eigenvalue weighted by atomic mass is 31.2. The van der Waals surface area contributed by atoms with Crippen LogP contribution in [0.1, 0.15) is 47.0 Å². The lowest BCUT2D eigenvalue weighted by molar-refractivity contribution is 0.221. The molecule has 1 atom stereocenters. The van der Waals surface area contributed by atoms with Crippen LogP contribution in [-0.4, -0.2) is 19.4 Å². The summed E-state index contributed by atoms with van der Waals surface area (Å²) >= 11 is 0. The van der Waals surface area contributed by atoms with Crippen LogP contribution in [0.5, 0.6) is 0 Å². The zero-order valence-electron chi connectivity index (χ0n) is 12.1. The van der Waals surface area contributed by atoms with Crippen LogP contribution in [0.15, 0.2) is 11.6 Å². The fourth-order valence-corrected chi connectivity index (χ4v) is 4.26. The second-order valence-electron chi connectivity index (χ2n) is 5.25. The number of hydrogen-bond acceptors (Lipinski definition) is 3. The van der Waals surface area contributed by atoms with Gasteiger partial charge < -0.3 is 9.05 Å². The minimum Gasteiger partial charge on any atom is -0.309 e. The topological polar surface area (TPSA) is 35.5 Å². The summed E-state index contributed by atoms with van der Waals surface area (Å²) in [5.74, 6) is 1.50. The maximum atomic E-state index is 12.4. The molecule has 0 aromatic heterocycles. The predicted molar refractivity (Wildman–Crippen MR) is 76.0 cm³/mol. The van der Waals surface area contributed by atoms with Crippen molar-refractivity contribution < 1.29 is 13.6 Å². The first-order chi connectivity index (χ1) is 8.50. The maximum absolute atomic E-state index is 12.4. The zero-order chi connectivity index (χ0) is 13.6. The average molecular weight is 274 g/mol. The minimum absolute atomic E-state index is 0.444. The molecule has 0 saturated heterocycles. The molecular weight excluding hydrogens is 247 g/mol. The van der Waals surface area contributed by atoms with Gasteiger partial charge in [0.05, 0.1) is 19.4 Å². The van der Waals surface area contributed by atoms with Gasteiger partial charge >= 0.3 is 7.60 Å². The lowest BCUT2D eigenvalue weighted by atomic mass is 9.83. The predicted octanol–water partition coefficient (Wildman–Crippen LogP) is 4.64. The molecule has 18 heavy (non-hydrogen) atoms. The molecule has 0 amide bonds. The van der Waals surface area contributed by atoms with Gasteiger partial charge in [-0.25, -0.2) is 0 Å². The smallest absolute Gasteiger partial charge is 0.309 e. The molecule has 1 unspecified atom stereocenters. The Labute approximate surface area is 111 Å². The first kappa shape index (κ1) is 15.9. The third-order valence-corrected chi connectivity index (χ3v) is 5.63. The molecule has 0 saturated carbocycles. The molecule has 0 radical (unpaired) electrons. The van der Waals surface area contributed by atoms with Crippen LogP contribution < -0.4 is 0 Å². The van der Waals surface area contributed by atoms with Gasteiger partial charge in [0.2, 0.25) is 0 Å². The van der Waals surface area contributed by atoms with Crippen LogP contribution >= 0.6 is 7.60 Å². The van der Waals surface area contributed by atoms with Gasteiger partial charge in [-0.15, -0.1) is 0 Å². The van der Waals surface area contributed by atoms with Crippen molar-refractivity contribution in [3.63, 3.8) is 0 Å². The zero-order valence-corrected chi connectivity index (χ0v) is 13.0. The lowest BCUT2D eigenvalue weighted by Crippen LogP contribution is -2.14. The van der Waals surface area contributed by atoms with Crippen molar-refractivity contribution in [3.8, 4) is 0 Å². The van der Waals surface area contributed by atoms with Gasteiger partial charge in [0.15, 0.2) is 0 Å². The molecule has 106 valence electrons. The van der Waals surface area contributed by atoms with E-state index in [0.29, 0.717) is 19.4 Å². The van der Waals surface area contributed by atoms with Crippen LogP contribution in [0.3, 0.4) is 0 Å². The second kappa shape index (κ2) is 7.47. The summed E-state index contributed by atoms with van der Waals surface area (Å²) in [7, 11) is -2.90. The van der Waals surface area contributed by atoms with Crippen molar-refractivity contribution in [1.82, 2.24) is 0 Å². The Hall–Kier alpha value is -0.110. The molecule has 1 aliphatic rings. The Kier molecular flexibility index (Phi) is 6.62. The SMILES string of the molecule is CCOP(=O)(CC1=CCC(C(C)C)CC1)OCC. The standard InChI is InChI=1S/C14H27O3P/c1-5-16-18(15,17-6-2)11-13-7-9-14(10-8-13)12(3)4/h7,12,14H,5-6,8-11H2,1-4H3. The normalized spacial score (nSPS) is 21.2. The molecule has 0 fully saturated rings. The van der Waals surface area contributed by atoms with Crippen molar-refractivity contribution in [2.45, 2.75) is 47.0 Å². The van der Waals surface area contributed by atoms with Gasteiger partial charge in [0.1, 0.15) is 0 Å². The average Bonchev–Trinajstić information content (AvgIpc) is 2.30. The van der Waals surface area contributed by atoms with E-state index in [1.165, 1.54) is 12.0 Å². The third kappa shape index (κ3) is 4.87. The molecule has 1 aliphatic carbocycles. The first-order valence-corrected chi connectivity index (χ1v) is 8.79. The van der Waals surface area contributed by atoms with Crippen molar-refractivity contribution in [2.75, 3.05) is 19.4 Å². The third-order valence-electron chi connectivity index (χ3n) is 3.54. The Morgan fingerprint density at radius 2 is 1.94 bits per heavy atom. The van der Waals surface area contributed by atoms with E-state index in [9.17, 15) is 4.57 Å². The quantitative estimate of drug-likeness (QED) is 0.501. The van der Waals surface area contributed by atoms with Gasteiger partial charge in [0.25, 0.3) is 0 Å². The number of allylic oxidation sites excluding steroid dienone is 2. The van der Waals surface area contributed by atoms with Crippen LogP contribution in [0.2, 0.25) is 0 Å². The van der Waals surface area contributed by atoms with E-state index in [4.69, 9.17) is 9.05 Å². The Bertz CT molecular complexity index is 313. The summed E-state index contributed by atoms with van der Waals surface area (Å²) in [5.41, 5.74) is 1.25. The van der Waals surface area contributed by atoms with Gasteiger partial charge in [0, 0.05) is 0 Å². The highest BCUT2D eigenvalue weighted by molar-refractivity contribution is 7.54. The summed E-state index contributed by atoms with van der Waals surface area (Å²) in [5, 5.41) is 0. The monoisotopic (exact) mass is 274 g/mol. The molecule has 0 spiro atoms. The van der Waals surface area contributed by atoms with E-state index < -0.39 is 7.60 Å². The fourth-order valence-electron chi connectivity index (χ4n) is 2.43. The van der Waals surface area contributed by atoms with Gasteiger partial charge in [-0.3, -0.25) is 4.57 Å². The van der Waals surface area contributed by atoms with Gasteiger partial charge in [-0.05, 0) is 44.9 Å². The minimum atomic E-state index is -2.90. The Morgan fingerprint density at radius 1 is 1.33 bits per heavy atom. The molecule has 0 aromatic carbocycles. The van der Waals surface area contributed by atoms with E-state index in [0.717, 1.165) is 24.7 Å². The van der Waals surface area contributed by atoms with E-state index in [1.54, 1.807) is 0 Å². The van der Waals surface area contributed by atoms with E-state index in [1.807, 2.05) is 13.8 Å². The summed E-state index contributed by atoms with van der Waals surface area (Å²) in [4.78, 5) is 0. The van der Waals surface area contributed by atoms with Crippen molar-refractivity contribution in [2.24, 2.45) is 11.8 Å². The molecule has 0 aromatic rings. The van der Waals surface area contributed by atoms with E-state index in [-0.39, 0.29) is 0 Å². The van der Waals surface area contributed by atoms with E-state index in [2.05, 4.69) is 19.9 Å². The first-order valence-electron chi connectivity index (χ1n) is 7.06. The molecule has 3 nitrogen and oxygen atoms in total. The molecular formula is C14H27O3P. The van der Waals surface area contributed by atoms with Crippen molar-refractivity contribution in [3.05, 3.63) is 11.6 Å². The maximum Gasteiger partial charge on any atom is 0.334 e. The summed E-state index contributed by atoms with van der Waals surface area (Å²) in [6, 6.07) is 0. The summed E-state index contributed by atoms with van der Waals surface area (Å²) in [6.45, 7) is 9.15. The summed E-state index contributed by atoms with van der Waals surface area (Å²) < 4.78 is 23.1. The van der Waals surface area contributed by atoms with Crippen LogP contribution in [0, 0.1) is 11.8 Å². The highest BCUT2D eigenvalue weighted by Crippen LogP contribution is 2.50. The van der Waals surface area contributed by atoms with Crippen LogP contribution in [-0.2, 0) is 13.6 Å². The molecule has 4 heteroatoms. The Balaban J connectivity index is 2.58. The van der Waals surface area contributed by atoms with Crippen molar-refractivity contribution in [1.29, 1.82) is 0 Å². The molecule has 0 aliphatic heterocycles. The molecule has 0 N–H and O–H groups in total. The fraction of sp³-hybridized carbons (Fsp3) is 0.857. The molecule has 0 bridgehead atoms. The van der Waals surface area contributed by atoms with E-state index >= 15 is 0 Å². The molecule has 1 rings (SSSR count). The molecule has 0 heterocycles. The van der Waals surface area contributed by atoms with Crippen LogP contribution in [0.4, 0.5) is 0 Å². The van der Waals surface area contributed by atoms with Crippen molar-refractivity contribution >= 4 is 7.60 Å². The lowest BCUT2D eigenvalue weighted by Gasteiger charge is -2.26. The Morgan fingerprint density at radius 3 is 2.33 bits per heavy atom. The number of rotatable bonds is 7. The second-order valence-corrected chi connectivity index (χ2v) is 7.30. The van der Waals surface area contributed by atoms with Gasteiger partial charge in [-0.2, -0.15) is 0 Å². The summed E-state index contributed by atoms with van der Waals surface area (Å²) in [6.07, 6.45) is 6.05. The highest BCUT2D eigenvalue weighted by Gasteiger charge is 2.27. The largest absolute Gasteiger partial charge is 0.334 e. The van der Waals surface area contributed by atoms with Gasteiger partial charge in [-0.1, -0.05) is 25.5 Å². The number of hydrogen-bond donors (Lipinski definition) is 0.